The molecule has 0 bridgehead atoms. The molecule has 3 atom stereocenters. The fraction of sp³-hybridized carbons (Fsp3) is 0.682. The van der Waals surface area contributed by atoms with Gasteiger partial charge in [-0.2, -0.15) is 0 Å². The summed E-state index contributed by atoms with van der Waals surface area (Å²) in [5.41, 5.74) is 1.44. The molecule has 0 radical (unpaired) electrons. The summed E-state index contributed by atoms with van der Waals surface area (Å²) in [4.78, 5) is 12.1. The number of nitrogens with one attached hydrogen (secondary N) is 1. The second-order valence-electron chi connectivity index (χ2n) is 9.58. The Balaban J connectivity index is 1.89. The Bertz CT molecular complexity index is 682. The lowest BCUT2D eigenvalue weighted by Crippen LogP contribution is -2.60. The van der Waals surface area contributed by atoms with E-state index in [0.29, 0.717) is 16.9 Å². The zero-order valence-electron chi connectivity index (χ0n) is 17.0. The third kappa shape index (κ3) is 3.36. The van der Waals surface area contributed by atoms with E-state index in [-0.39, 0.29) is 23.2 Å². The maximum atomic E-state index is 12.1. The first-order chi connectivity index (χ1) is 12.1. The van der Waals surface area contributed by atoms with Gasteiger partial charge in [0.1, 0.15) is 6.23 Å². The molecular formula is C22H33NO3. The van der Waals surface area contributed by atoms with Crippen molar-refractivity contribution in [2.24, 2.45) is 16.7 Å². The fourth-order valence-corrected chi connectivity index (χ4v) is 5.03. The maximum Gasteiger partial charge on any atom is 0.339 e. The third-order valence-electron chi connectivity index (χ3n) is 6.62. The van der Waals surface area contributed by atoms with Gasteiger partial charge in [-0.1, -0.05) is 46.2 Å². The van der Waals surface area contributed by atoms with Gasteiger partial charge in [0, 0.05) is 5.41 Å². The van der Waals surface area contributed by atoms with Gasteiger partial charge in [-0.25, -0.2) is 4.79 Å². The molecular weight excluding hydrogens is 326 g/mol. The molecule has 3 unspecified atom stereocenters. The highest BCUT2D eigenvalue weighted by Gasteiger charge is 2.55. The van der Waals surface area contributed by atoms with Crippen LogP contribution in [0.15, 0.2) is 24.3 Å². The minimum absolute atomic E-state index is 0.0397. The van der Waals surface area contributed by atoms with E-state index in [4.69, 9.17) is 9.47 Å². The SMILES string of the molecule is COC(=O)c1ccccc1NC1OC2(C)CCCC(C)(C)C2CC1(C)C. The largest absolute Gasteiger partial charge is 0.465 e. The van der Waals surface area contributed by atoms with E-state index in [2.05, 4.69) is 39.9 Å². The van der Waals surface area contributed by atoms with Crippen molar-refractivity contribution < 1.29 is 14.3 Å². The van der Waals surface area contributed by atoms with Crippen LogP contribution in [0.5, 0.6) is 0 Å². The molecule has 0 amide bonds. The number of anilines is 1. The molecule has 1 aliphatic carbocycles. The summed E-state index contributed by atoms with van der Waals surface area (Å²) in [5, 5.41) is 3.52. The van der Waals surface area contributed by atoms with E-state index in [1.807, 2.05) is 18.2 Å². The predicted molar refractivity (Wildman–Crippen MR) is 104 cm³/mol. The third-order valence-corrected chi connectivity index (χ3v) is 6.62. The lowest BCUT2D eigenvalue weighted by molar-refractivity contribution is -0.231. The van der Waals surface area contributed by atoms with Crippen LogP contribution in [0.1, 0.15) is 70.7 Å². The van der Waals surface area contributed by atoms with Crippen molar-refractivity contribution in [3.8, 4) is 0 Å². The molecule has 1 N–H and O–H groups in total. The van der Waals surface area contributed by atoms with Crippen molar-refractivity contribution in [3.63, 3.8) is 0 Å². The Kier molecular flexibility index (Phi) is 4.85. The number of fused-ring (bicyclic) bond motifs is 1. The Hall–Kier alpha value is -1.55. The number of esters is 1. The Morgan fingerprint density at radius 2 is 1.81 bits per heavy atom. The molecule has 1 aromatic carbocycles. The van der Waals surface area contributed by atoms with E-state index in [1.54, 1.807) is 6.07 Å². The molecule has 1 saturated carbocycles. The number of carbonyl (C=O) groups excluding carboxylic acids is 1. The molecule has 4 nitrogen and oxygen atoms in total. The molecule has 0 aromatic heterocycles. The molecule has 144 valence electrons. The number of para-hydroxylation sites is 1. The predicted octanol–water partition coefficient (Wildman–Crippen LogP) is 5.24. The van der Waals surface area contributed by atoms with Crippen LogP contribution in [-0.2, 0) is 9.47 Å². The highest BCUT2D eigenvalue weighted by molar-refractivity contribution is 5.95. The summed E-state index contributed by atoms with van der Waals surface area (Å²) >= 11 is 0. The summed E-state index contributed by atoms with van der Waals surface area (Å²) in [6, 6.07) is 7.49. The van der Waals surface area contributed by atoms with Gasteiger partial charge < -0.3 is 14.8 Å². The van der Waals surface area contributed by atoms with Gasteiger partial charge in [0.15, 0.2) is 0 Å². The van der Waals surface area contributed by atoms with Crippen LogP contribution in [0.4, 0.5) is 5.69 Å². The average Bonchev–Trinajstić information content (AvgIpc) is 2.57. The molecule has 0 spiro atoms. The van der Waals surface area contributed by atoms with Crippen LogP contribution in [0.25, 0.3) is 0 Å². The Labute approximate surface area is 157 Å². The summed E-state index contributed by atoms with van der Waals surface area (Å²) in [6.45, 7) is 11.6. The number of hydrogen-bond donors (Lipinski definition) is 1. The van der Waals surface area contributed by atoms with E-state index in [1.165, 1.54) is 20.0 Å². The zero-order valence-corrected chi connectivity index (χ0v) is 17.0. The van der Waals surface area contributed by atoms with Gasteiger partial charge in [-0.15, -0.1) is 0 Å². The zero-order chi connectivity index (χ0) is 19.2. The average molecular weight is 360 g/mol. The minimum Gasteiger partial charge on any atom is -0.465 e. The molecule has 1 heterocycles. The van der Waals surface area contributed by atoms with Gasteiger partial charge in [-0.05, 0) is 49.7 Å². The highest BCUT2D eigenvalue weighted by Crippen LogP contribution is 2.57. The molecule has 1 aromatic rings. The number of methoxy groups -OCH3 is 1. The van der Waals surface area contributed by atoms with Gasteiger partial charge in [0.25, 0.3) is 0 Å². The second kappa shape index (κ2) is 6.56. The lowest BCUT2D eigenvalue weighted by atomic mass is 9.56. The second-order valence-corrected chi connectivity index (χ2v) is 9.58. The Morgan fingerprint density at radius 1 is 1.12 bits per heavy atom. The van der Waals surface area contributed by atoms with Gasteiger partial charge in [0.2, 0.25) is 0 Å². The molecule has 1 aliphatic heterocycles. The molecule has 4 heteroatoms. The molecule has 3 rings (SSSR count). The molecule has 1 saturated heterocycles. The van der Waals surface area contributed by atoms with Crippen LogP contribution in [0, 0.1) is 16.7 Å². The molecule has 2 aliphatic rings. The normalized spacial score (nSPS) is 32.4. The summed E-state index contributed by atoms with van der Waals surface area (Å²) in [6.07, 6.45) is 4.51. The van der Waals surface area contributed by atoms with Crippen LogP contribution >= 0.6 is 0 Å². The number of rotatable bonds is 3. The van der Waals surface area contributed by atoms with Gasteiger partial charge in [-0.3, -0.25) is 0 Å². The molecule has 2 fully saturated rings. The van der Waals surface area contributed by atoms with Crippen molar-refractivity contribution in [1.82, 2.24) is 0 Å². The highest BCUT2D eigenvalue weighted by atomic mass is 16.5. The summed E-state index contributed by atoms with van der Waals surface area (Å²) < 4.78 is 11.7. The van der Waals surface area contributed by atoms with Gasteiger partial charge >= 0.3 is 5.97 Å². The minimum atomic E-state index is -0.329. The number of ether oxygens (including phenoxy) is 2. The van der Waals surface area contributed by atoms with Crippen molar-refractivity contribution in [3.05, 3.63) is 29.8 Å². The first kappa shape index (κ1) is 19.2. The topological polar surface area (TPSA) is 47.6 Å². The van der Waals surface area contributed by atoms with Crippen molar-refractivity contribution in [1.29, 1.82) is 0 Å². The van der Waals surface area contributed by atoms with Crippen LogP contribution in [0.2, 0.25) is 0 Å². The van der Waals surface area contributed by atoms with E-state index < -0.39 is 0 Å². The number of carbonyl (C=O) groups is 1. The summed E-state index contributed by atoms with van der Waals surface area (Å²) in [7, 11) is 1.41. The van der Waals surface area contributed by atoms with E-state index >= 15 is 0 Å². The van der Waals surface area contributed by atoms with Crippen molar-refractivity contribution in [2.45, 2.75) is 72.1 Å². The summed E-state index contributed by atoms with van der Waals surface area (Å²) in [5.74, 6) is 0.206. The van der Waals surface area contributed by atoms with Crippen LogP contribution in [0.3, 0.4) is 0 Å². The first-order valence-electron chi connectivity index (χ1n) is 9.71. The first-order valence-corrected chi connectivity index (χ1v) is 9.71. The fourth-order valence-electron chi connectivity index (χ4n) is 5.03. The van der Waals surface area contributed by atoms with E-state index in [9.17, 15) is 4.79 Å². The smallest absolute Gasteiger partial charge is 0.339 e. The lowest BCUT2D eigenvalue weighted by Gasteiger charge is -2.59. The van der Waals surface area contributed by atoms with Crippen LogP contribution in [-0.4, -0.2) is 24.9 Å². The molecule has 26 heavy (non-hydrogen) atoms. The van der Waals surface area contributed by atoms with Crippen molar-refractivity contribution in [2.75, 3.05) is 12.4 Å². The standard InChI is InChI=1S/C22H33NO3/c1-20(2)12-9-13-22(5)17(20)14-21(3,4)19(26-22)23-16-11-8-7-10-15(16)18(24)25-6/h7-8,10-11,17,19,23H,9,12-14H2,1-6H3. The van der Waals surface area contributed by atoms with Crippen LogP contribution < -0.4 is 5.32 Å². The quantitative estimate of drug-likeness (QED) is 0.750. The Morgan fingerprint density at radius 3 is 2.50 bits per heavy atom. The monoisotopic (exact) mass is 359 g/mol. The number of benzene rings is 1. The number of hydrogen-bond acceptors (Lipinski definition) is 4. The maximum absolute atomic E-state index is 12.1. The van der Waals surface area contributed by atoms with E-state index in [0.717, 1.165) is 18.5 Å². The van der Waals surface area contributed by atoms with Crippen molar-refractivity contribution >= 4 is 11.7 Å². The van der Waals surface area contributed by atoms with Gasteiger partial charge in [0.05, 0.1) is 24.0 Å².